The number of alkyl halides is 1. The summed E-state index contributed by atoms with van der Waals surface area (Å²) in [4.78, 5) is 4.23. The molecule has 1 nitrogen and oxygen atoms in total. The molecule has 0 saturated heterocycles. The second kappa shape index (κ2) is 5.01. The normalized spacial score (nSPS) is 10.0. The molecule has 1 aromatic heterocycles. The van der Waals surface area contributed by atoms with Crippen molar-refractivity contribution in [2.45, 2.75) is 5.03 Å². The van der Waals surface area contributed by atoms with E-state index in [-0.39, 0.29) is 0 Å². The highest BCUT2D eigenvalue weighted by Crippen LogP contribution is 2.17. The zero-order valence-corrected chi connectivity index (χ0v) is 8.92. The minimum atomic E-state index is 0.666. The highest BCUT2D eigenvalue weighted by molar-refractivity contribution is 9.10. The van der Waals surface area contributed by atoms with Gasteiger partial charge in [0.25, 0.3) is 0 Å². The Morgan fingerprint density at radius 3 is 3.00 bits per heavy atom. The molecule has 0 saturated carbocycles. The zero-order chi connectivity index (χ0) is 8.10. The van der Waals surface area contributed by atoms with Crippen LogP contribution in [0, 0.1) is 0 Å². The van der Waals surface area contributed by atoms with Crippen LogP contribution in [0.5, 0.6) is 0 Å². The number of hydrogen-bond acceptors (Lipinski definition) is 2. The van der Waals surface area contributed by atoms with Crippen molar-refractivity contribution in [2.24, 2.45) is 0 Å². The van der Waals surface area contributed by atoms with Gasteiger partial charge >= 0.3 is 0 Å². The van der Waals surface area contributed by atoms with Crippen LogP contribution in [0.15, 0.2) is 27.8 Å². The van der Waals surface area contributed by atoms with Crippen molar-refractivity contribution in [3.63, 3.8) is 0 Å². The Kier molecular flexibility index (Phi) is 4.26. The molecule has 0 aromatic carbocycles. The van der Waals surface area contributed by atoms with Crippen LogP contribution >= 0.6 is 39.3 Å². The summed E-state index contributed by atoms with van der Waals surface area (Å²) in [6.07, 6.45) is 0. The average Bonchev–Trinajstić information content (AvgIpc) is 2.01. The van der Waals surface area contributed by atoms with Crippen LogP contribution in [0.25, 0.3) is 0 Å². The van der Waals surface area contributed by atoms with E-state index in [4.69, 9.17) is 11.6 Å². The molecule has 0 aliphatic heterocycles. The molecular weight excluding hydrogens is 246 g/mol. The second-order valence-corrected chi connectivity index (χ2v) is 4.14. The maximum atomic E-state index is 5.53. The maximum absolute atomic E-state index is 5.53. The van der Waals surface area contributed by atoms with E-state index in [1.165, 1.54) is 0 Å². The molecule has 0 bridgehead atoms. The van der Waals surface area contributed by atoms with E-state index in [0.29, 0.717) is 5.88 Å². The lowest BCUT2D eigenvalue weighted by atomic mass is 10.5. The molecule has 11 heavy (non-hydrogen) atoms. The number of rotatable bonds is 3. The number of pyridine rings is 1. The summed E-state index contributed by atoms with van der Waals surface area (Å²) in [6.45, 7) is 0. The van der Waals surface area contributed by atoms with Gasteiger partial charge in [0.05, 0.1) is 5.03 Å². The van der Waals surface area contributed by atoms with E-state index < -0.39 is 0 Å². The van der Waals surface area contributed by atoms with E-state index in [0.717, 1.165) is 15.4 Å². The Morgan fingerprint density at radius 1 is 1.55 bits per heavy atom. The van der Waals surface area contributed by atoms with E-state index in [1.54, 1.807) is 11.8 Å². The smallest absolute Gasteiger partial charge is 0.107 e. The first-order valence-corrected chi connectivity index (χ1v) is 5.45. The molecule has 0 N–H and O–H groups in total. The molecule has 0 aliphatic carbocycles. The number of hydrogen-bond donors (Lipinski definition) is 0. The highest BCUT2D eigenvalue weighted by Gasteiger charge is 1.94. The number of halogens is 2. The van der Waals surface area contributed by atoms with Crippen LogP contribution in [0.2, 0.25) is 0 Å². The van der Waals surface area contributed by atoms with Crippen LogP contribution in [-0.4, -0.2) is 16.6 Å². The first-order chi connectivity index (χ1) is 5.33. The second-order valence-electron chi connectivity index (χ2n) is 1.84. The molecular formula is C7H7BrClNS. The molecule has 1 aromatic rings. The number of aromatic nitrogens is 1. The van der Waals surface area contributed by atoms with Gasteiger partial charge in [-0.1, -0.05) is 6.07 Å². The molecule has 0 radical (unpaired) electrons. The van der Waals surface area contributed by atoms with Gasteiger partial charge in [0.15, 0.2) is 0 Å². The summed E-state index contributed by atoms with van der Waals surface area (Å²) in [5.74, 6) is 1.57. The van der Waals surface area contributed by atoms with Crippen molar-refractivity contribution in [1.82, 2.24) is 4.98 Å². The molecule has 0 spiro atoms. The zero-order valence-electron chi connectivity index (χ0n) is 5.76. The van der Waals surface area contributed by atoms with Gasteiger partial charge in [-0.15, -0.1) is 23.4 Å². The van der Waals surface area contributed by atoms with Crippen molar-refractivity contribution >= 4 is 39.3 Å². The van der Waals surface area contributed by atoms with E-state index >= 15 is 0 Å². The lowest BCUT2D eigenvalue weighted by Crippen LogP contribution is -1.83. The summed E-state index contributed by atoms with van der Waals surface area (Å²) in [5.41, 5.74) is 0. The lowest BCUT2D eigenvalue weighted by molar-refractivity contribution is 1.10. The van der Waals surface area contributed by atoms with Crippen molar-refractivity contribution in [2.75, 3.05) is 11.6 Å². The standard InChI is InChI=1S/C7H7BrClNS/c8-6-2-1-3-7(10-6)11-5-4-9/h1-3H,4-5H2. The van der Waals surface area contributed by atoms with Gasteiger partial charge in [0, 0.05) is 11.6 Å². The van der Waals surface area contributed by atoms with Crippen molar-refractivity contribution in [3.8, 4) is 0 Å². The Labute approximate surface area is 83.7 Å². The fraction of sp³-hybridized carbons (Fsp3) is 0.286. The molecule has 1 rings (SSSR count). The average molecular weight is 253 g/mol. The fourth-order valence-corrected chi connectivity index (χ4v) is 1.93. The first kappa shape index (κ1) is 9.36. The predicted octanol–water partition coefficient (Wildman–Crippen LogP) is 3.18. The van der Waals surface area contributed by atoms with Crippen LogP contribution in [0.1, 0.15) is 0 Å². The first-order valence-electron chi connectivity index (χ1n) is 3.14. The lowest BCUT2D eigenvalue weighted by Gasteiger charge is -1.97. The van der Waals surface area contributed by atoms with Crippen molar-refractivity contribution in [3.05, 3.63) is 22.8 Å². The predicted molar refractivity (Wildman–Crippen MR) is 53.4 cm³/mol. The molecule has 1 heterocycles. The van der Waals surface area contributed by atoms with Gasteiger partial charge in [0.2, 0.25) is 0 Å². The van der Waals surface area contributed by atoms with Gasteiger partial charge in [0.1, 0.15) is 4.60 Å². The molecule has 0 fully saturated rings. The van der Waals surface area contributed by atoms with Crippen molar-refractivity contribution < 1.29 is 0 Å². The maximum Gasteiger partial charge on any atom is 0.107 e. The third-order valence-electron chi connectivity index (χ3n) is 1.02. The molecule has 4 heteroatoms. The van der Waals surface area contributed by atoms with Gasteiger partial charge in [-0.3, -0.25) is 0 Å². The quantitative estimate of drug-likeness (QED) is 0.466. The summed E-state index contributed by atoms with van der Waals surface area (Å²) in [5, 5.41) is 1.01. The minimum absolute atomic E-state index is 0.666. The molecule has 0 amide bonds. The summed E-state index contributed by atoms with van der Waals surface area (Å²) >= 11 is 10.5. The Morgan fingerprint density at radius 2 is 2.36 bits per heavy atom. The Balaban J connectivity index is 2.56. The van der Waals surface area contributed by atoms with E-state index in [2.05, 4.69) is 20.9 Å². The van der Waals surface area contributed by atoms with Gasteiger partial charge < -0.3 is 0 Å². The van der Waals surface area contributed by atoms with E-state index in [1.807, 2.05) is 18.2 Å². The summed E-state index contributed by atoms with van der Waals surface area (Å²) < 4.78 is 0.872. The monoisotopic (exact) mass is 251 g/mol. The van der Waals surface area contributed by atoms with Crippen LogP contribution in [0.4, 0.5) is 0 Å². The largest absolute Gasteiger partial charge is 0.235 e. The molecule has 0 aliphatic rings. The minimum Gasteiger partial charge on any atom is -0.235 e. The van der Waals surface area contributed by atoms with Crippen molar-refractivity contribution in [1.29, 1.82) is 0 Å². The number of nitrogens with zero attached hydrogens (tertiary/aromatic N) is 1. The van der Waals surface area contributed by atoms with Crippen LogP contribution in [0.3, 0.4) is 0 Å². The topological polar surface area (TPSA) is 12.9 Å². The van der Waals surface area contributed by atoms with Gasteiger partial charge in [-0.2, -0.15) is 0 Å². The third-order valence-corrected chi connectivity index (χ3v) is 2.80. The van der Waals surface area contributed by atoms with Crippen LogP contribution < -0.4 is 0 Å². The van der Waals surface area contributed by atoms with Gasteiger partial charge in [-0.05, 0) is 28.1 Å². The number of thioether (sulfide) groups is 1. The van der Waals surface area contributed by atoms with Gasteiger partial charge in [-0.25, -0.2) is 4.98 Å². The SMILES string of the molecule is ClCCSc1cccc(Br)n1. The fourth-order valence-electron chi connectivity index (χ4n) is 0.613. The Hall–Kier alpha value is 0.270. The van der Waals surface area contributed by atoms with E-state index in [9.17, 15) is 0 Å². The van der Waals surface area contributed by atoms with Crippen LogP contribution in [-0.2, 0) is 0 Å². The summed E-state index contributed by atoms with van der Waals surface area (Å²) in [7, 11) is 0. The third kappa shape index (κ3) is 3.45. The molecule has 0 atom stereocenters. The Bertz CT molecular complexity index is 231. The highest BCUT2D eigenvalue weighted by atomic mass is 79.9. The molecule has 0 unspecified atom stereocenters. The summed E-state index contributed by atoms with van der Waals surface area (Å²) in [6, 6.07) is 5.85. The molecule has 60 valence electrons.